The molecule has 1 amide bonds. The Kier molecular flexibility index (Phi) is 2.35. The molecule has 0 radical (unpaired) electrons. The zero-order valence-electron chi connectivity index (χ0n) is 7.81. The number of hydrogen-bond acceptors (Lipinski definition) is 3. The van der Waals surface area contributed by atoms with Crippen molar-refractivity contribution < 1.29 is 9.90 Å². The number of rotatable bonds is 1. The van der Waals surface area contributed by atoms with Crippen molar-refractivity contribution in [3.8, 4) is 5.75 Å². The van der Waals surface area contributed by atoms with Crippen LogP contribution in [0.2, 0.25) is 0 Å². The lowest BCUT2D eigenvalue weighted by Crippen LogP contribution is -2.28. The quantitative estimate of drug-likeness (QED) is 0.722. The fourth-order valence-corrected chi connectivity index (χ4v) is 1.62. The molecule has 14 heavy (non-hydrogen) atoms. The molecule has 1 aliphatic heterocycles. The van der Waals surface area contributed by atoms with Gasteiger partial charge in [-0.15, -0.1) is 0 Å². The zero-order chi connectivity index (χ0) is 9.97. The lowest BCUT2D eigenvalue weighted by molar-refractivity contribution is 0.0786. The standard InChI is InChI=1S/C10H12N2O2/c13-8-3-4-11-9(7-8)10(14)12-5-1-2-6-12/h3-4,7H,1-2,5-6H2,(H,11,13). The first-order valence-electron chi connectivity index (χ1n) is 4.71. The molecule has 2 heterocycles. The summed E-state index contributed by atoms with van der Waals surface area (Å²) in [6.07, 6.45) is 3.56. The van der Waals surface area contributed by atoms with E-state index in [0.717, 1.165) is 25.9 Å². The molecule has 0 unspecified atom stereocenters. The van der Waals surface area contributed by atoms with E-state index in [2.05, 4.69) is 4.98 Å². The summed E-state index contributed by atoms with van der Waals surface area (Å²) in [7, 11) is 0. The third-order valence-corrected chi connectivity index (χ3v) is 2.36. The fourth-order valence-electron chi connectivity index (χ4n) is 1.62. The highest BCUT2D eigenvalue weighted by Crippen LogP contribution is 2.14. The molecular formula is C10H12N2O2. The Morgan fingerprint density at radius 2 is 2.14 bits per heavy atom. The Hall–Kier alpha value is -1.58. The highest BCUT2D eigenvalue weighted by Gasteiger charge is 2.20. The molecule has 4 heteroatoms. The zero-order valence-corrected chi connectivity index (χ0v) is 7.81. The predicted octanol–water partition coefficient (Wildman–Crippen LogP) is 1.02. The minimum atomic E-state index is -0.0848. The number of aromatic hydroxyl groups is 1. The van der Waals surface area contributed by atoms with Crippen LogP contribution in [0.4, 0.5) is 0 Å². The van der Waals surface area contributed by atoms with E-state index in [1.54, 1.807) is 4.90 Å². The molecule has 0 aliphatic carbocycles. The molecular weight excluding hydrogens is 180 g/mol. The summed E-state index contributed by atoms with van der Waals surface area (Å²) in [6.45, 7) is 1.60. The number of hydrogen-bond donors (Lipinski definition) is 1. The number of pyridine rings is 1. The van der Waals surface area contributed by atoms with Gasteiger partial charge in [0.15, 0.2) is 0 Å². The van der Waals surface area contributed by atoms with Gasteiger partial charge in [0.1, 0.15) is 11.4 Å². The summed E-state index contributed by atoms with van der Waals surface area (Å²) in [5.41, 5.74) is 0.326. The molecule has 1 saturated heterocycles. The molecule has 1 aromatic heterocycles. The molecule has 2 rings (SSSR count). The first-order chi connectivity index (χ1) is 6.77. The summed E-state index contributed by atoms with van der Waals surface area (Å²) < 4.78 is 0. The van der Waals surface area contributed by atoms with Crippen LogP contribution in [0, 0.1) is 0 Å². The van der Waals surface area contributed by atoms with Crippen LogP contribution in [0.1, 0.15) is 23.3 Å². The molecule has 1 aromatic rings. The third kappa shape index (κ3) is 1.69. The van der Waals surface area contributed by atoms with Crippen molar-refractivity contribution in [1.82, 2.24) is 9.88 Å². The summed E-state index contributed by atoms with van der Waals surface area (Å²) in [6, 6.07) is 2.86. The van der Waals surface area contributed by atoms with E-state index in [1.807, 2.05) is 0 Å². The monoisotopic (exact) mass is 192 g/mol. The van der Waals surface area contributed by atoms with Crippen LogP contribution in [0.25, 0.3) is 0 Å². The number of carbonyl (C=O) groups excluding carboxylic acids is 1. The second kappa shape index (κ2) is 3.65. The Morgan fingerprint density at radius 3 is 2.79 bits per heavy atom. The van der Waals surface area contributed by atoms with Crippen LogP contribution in [-0.2, 0) is 0 Å². The van der Waals surface area contributed by atoms with Crippen molar-refractivity contribution in [2.24, 2.45) is 0 Å². The third-order valence-electron chi connectivity index (χ3n) is 2.36. The van der Waals surface area contributed by atoms with E-state index >= 15 is 0 Å². The number of likely N-dealkylation sites (tertiary alicyclic amines) is 1. The number of carbonyl (C=O) groups is 1. The van der Waals surface area contributed by atoms with Crippen molar-refractivity contribution in [1.29, 1.82) is 0 Å². The van der Waals surface area contributed by atoms with Crippen LogP contribution >= 0.6 is 0 Å². The van der Waals surface area contributed by atoms with Crippen LogP contribution in [0.15, 0.2) is 18.3 Å². The molecule has 1 fully saturated rings. The summed E-state index contributed by atoms with van der Waals surface area (Å²) >= 11 is 0. The van der Waals surface area contributed by atoms with E-state index in [1.165, 1.54) is 18.3 Å². The molecule has 74 valence electrons. The van der Waals surface area contributed by atoms with Gasteiger partial charge in [0, 0.05) is 25.4 Å². The van der Waals surface area contributed by atoms with Gasteiger partial charge in [0.2, 0.25) is 0 Å². The van der Waals surface area contributed by atoms with Gasteiger partial charge in [0.25, 0.3) is 5.91 Å². The van der Waals surface area contributed by atoms with Crippen molar-refractivity contribution in [2.45, 2.75) is 12.8 Å². The lowest BCUT2D eigenvalue weighted by Gasteiger charge is -2.14. The topological polar surface area (TPSA) is 53.4 Å². The second-order valence-electron chi connectivity index (χ2n) is 3.40. The SMILES string of the molecule is O=C(c1cc(O)ccn1)N1CCCC1. The summed E-state index contributed by atoms with van der Waals surface area (Å²) in [5.74, 6) is 0.000877. The first-order valence-corrected chi connectivity index (χ1v) is 4.71. The second-order valence-corrected chi connectivity index (χ2v) is 3.40. The van der Waals surface area contributed by atoms with Crippen LogP contribution in [-0.4, -0.2) is 34.0 Å². The van der Waals surface area contributed by atoms with E-state index in [9.17, 15) is 9.90 Å². The number of aromatic nitrogens is 1. The fraction of sp³-hybridized carbons (Fsp3) is 0.400. The number of amides is 1. The van der Waals surface area contributed by atoms with Gasteiger partial charge >= 0.3 is 0 Å². The molecule has 0 bridgehead atoms. The smallest absolute Gasteiger partial charge is 0.272 e. The largest absolute Gasteiger partial charge is 0.508 e. The van der Waals surface area contributed by atoms with Gasteiger partial charge in [-0.1, -0.05) is 0 Å². The highest BCUT2D eigenvalue weighted by molar-refractivity contribution is 5.92. The normalized spacial score (nSPS) is 15.9. The minimum absolute atomic E-state index is 0.0848. The molecule has 1 aliphatic rings. The molecule has 1 N–H and O–H groups in total. The Balaban J connectivity index is 2.17. The van der Waals surface area contributed by atoms with Gasteiger partial charge in [-0.3, -0.25) is 9.78 Å². The van der Waals surface area contributed by atoms with E-state index in [4.69, 9.17) is 0 Å². The van der Waals surface area contributed by atoms with Crippen molar-refractivity contribution in [3.63, 3.8) is 0 Å². The molecule has 0 spiro atoms. The Morgan fingerprint density at radius 1 is 1.43 bits per heavy atom. The maximum atomic E-state index is 11.8. The molecule has 0 aromatic carbocycles. The number of nitrogens with zero attached hydrogens (tertiary/aromatic N) is 2. The van der Waals surface area contributed by atoms with Gasteiger partial charge in [0.05, 0.1) is 0 Å². The van der Waals surface area contributed by atoms with Crippen LogP contribution in [0.3, 0.4) is 0 Å². The highest BCUT2D eigenvalue weighted by atomic mass is 16.3. The lowest BCUT2D eigenvalue weighted by atomic mass is 10.3. The molecule has 0 atom stereocenters. The van der Waals surface area contributed by atoms with Gasteiger partial charge < -0.3 is 10.0 Å². The minimum Gasteiger partial charge on any atom is -0.508 e. The van der Waals surface area contributed by atoms with Gasteiger partial charge in [-0.2, -0.15) is 0 Å². The maximum absolute atomic E-state index is 11.8. The van der Waals surface area contributed by atoms with Crippen LogP contribution in [0.5, 0.6) is 5.75 Å². The van der Waals surface area contributed by atoms with Crippen molar-refractivity contribution >= 4 is 5.91 Å². The average Bonchev–Trinajstić information content (AvgIpc) is 2.69. The van der Waals surface area contributed by atoms with Gasteiger partial charge in [-0.05, 0) is 18.9 Å². The maximum Gasteiger partial charge on any atom is 0.272 e. The van der Waals surface area contributed by atoms with Crippen LogP contribution < -0.4 is 0 Å². The molecule has 0 saturated carbocycles. The summed E-state index contributed by atoms with van der Waals surface area (Å²) in [5, 5.41) is 9.19. The van der Waals surface area contributed by atoms with E-state index in [0.29, 0.717) is 5.69 Å². The predicted molar refractivity (Wildman–Crippen MR) is 51.0 cm³/mol. The van der Waals surface area contributed by atoms with Crippen molar-refractivity contribution in [2.75, 3.05) is 13.1 Å². The van der Waals surface area contributed by atoms with E-state index < -0.39 is 0 Å². The Labute approximate surface area is 82.2 Å². The average molecular weight is 192 g/mol. The summed E-state index contributed by atoms with van der Waals surface area (Å²) in [4.78, 5) is 17.4. The van der Waals surface area contributed by atoms with E-state index in [-0.39, 0.29) is 11.7 Å². The molecule has 4 nitrogen and oxygen atoms in total. The van der Waals surface area contributed by atoms with Crippen molar-refractivity contribution in [3.05, 3.63) is 24.0 Å². The van der Waals surface area contributed by atoms with Gasteiger partial charge in [-0.25, -0.2) is 0 Å². The first kappa shape index (κ1) is 8.99. The Bertz CT molecular complexity index is 346.